The van der Waals surface area contributed by atoms with Gasteiger partial charge in [0.25, 0.3) is 5.91 Å². The van der Waals surface area contributed by atoms with Crippen molar-refractivity contribution in [1.29, 1.82) is 0 Å². The lowest BCUT2D eigenvalue weighted by Gasteiger charge is -2.16. The van der Waals surface area contributed by atoms with Crippen molar-refractivity contribution in [3.63, 3.8) is 0 Å². The van der Waals surface area contributed by atoms with Crippen LogP contribution >= 0.6 is 0 Å². The van der Waals surface area contributed by atoms with Gasteiger partial charge in [0.1, 0.15) is 11.5 Å². The third-order valence-electron chi connectivity index (χ3n) is 4.78. The first-order chi connectivity index (χ1) is 15.1. The zero-order valence-electron chi connectivity index (χ0n) is 17.3. The van der Waals surface area contributed by atoms with Gasteiger partial charge in [0.2, 0.25) is 5.95 Å². The van der Waals surface area contributed by atoms with Gasteiger partial charge in [0.05, 0.1) is 19.9 Å². The smallest absolute Gasteiger partial charge is 0.254 e. The highest BCUT2D eigenvalue weighted by atomic mass is 16.5. The summed E-state index contributed by atoms with van der Waals surface area (Å²) in [6, 6.07) is 18.6. The second kappa shape index (κ2) is 9.13. The molecule has 0 spiro atoms. The third-order valence-corrected chi connectivity index (χ3v) is 4.78. The topological polar surface area (TPSA) is 80.5 Å². The summed E-state index contributed by atoms with van der Waals surface area (Å²) in [6.45, 7) is 0.417. The molecule has 1 N–H and O–H groups in total. The molecule has 0 bridgehead atoms. The highest BCUT2D eigenvalue weighted by Gasteiger charge is 2.13. The Morgan fingerprint density at radius 1 is 1.00 bits per heavy atom. The van der Waals surface area contributed by atoms with Gasteiger partial charge in [-0.15, -0.1) is 0 Å². The molecule has 1 amide bonds. The number of aromatic nitrogens is 2. The van der Waals surface area contributed by atoms with Crippen molar-refractivity contribution in [1.82, 2.24) is 14.9 Å². The molecule has 0 aliphatic heterocycles. The molecular formula is C24H22N4O3. The summed E-state index contributed by atoms with van der Waals surface area (Å²) in [5.41, 5.74) is 3.31. The minimum atomic E-state index is -0.0805. The summed E-state index contributed by atoms with van der Waals surface area (Å²) < 4.78 is 10.5. The van der Waals surface area contributed by atoms with E-state index in [1.165, 1.54) is 0 Å². The molecule has 0 saturated carbocycles. The van der Waals surface area contributed by atoms with Gasteiger partial charge in [-0.05, 0) is 54.1 Å². The number of nitrogens with zero attached hydrogens (tertiary/aromatic N) is 3. The second-order valence-electron chi connectivity index (χ2n) is 6.97. The van der Waals surface area contributed by atoms with Crippen LogP contribution in [0.3, 0.4) is 0 Å². The van der Waals surface area contributed by atoms with E-state index >= 15 is 0 Å². The maximum absolute atomic E-state index is 12.6. The lowest BCUT2D eigenvalue weighted by Crippen LogP contribution is -2.25. The molecule has 4 rings (SSSR count). The van der Waals surface area contributed by atoms with E-state index in [-0.39, 0.29) is 5.91 Å². The Labute approximate surface area is 180 Å². The standard InChI is InChI=1S/C24H22N4O3/c1-28(16-22-4-3-13-31-22)23(29)18-5-9-20(10-6-18)27-24-25-14-19(15-26-24)17-7-11-21(30-2)12-8-17/h3-15H,16H2,1-2H3,(H,25,26,27). The molecule has 4 aromatic rings. The predicted molar refractivity (Wildman–Crippen MR) is 118 cm³/mol. The molecule has 0 fully saturated rings. The number of carbonyl (C=O) groups excluding carboxylic acids is 1. The molecule has 0 radical (unpaired) electrons. The largest absolute Gasteiger partial charge is 0.497 e. The van der Waals surface area contributed by atoms with E-state index in [2.05, 4.69) is 15.3 Å². The molecule has 7 heteroatoms. The van der Waals surface area contributed by atoms with Gasteiger partial charge in [0.15, 0.2) is 0 Å². The van der Waals surface area contributed by atoms with Crippen LogP contribution in [0.4, 0.5) is 11.6 Å². The molecular weight excluding hydrogens is 392 g/mol. The lowest BCUT2D eigenvalue weighted by molar-refractivity contribution is 0.0775. The molecule has 0 atom stereocenters. The van der Waals surface area contributed by atoms with Crippen molar-refractivity contribution in [2.45, 2.75) is 6.54 Å². The van der Waals surface area contributed by atoms with Crippen LogP contribution in [0.2, 0.25) is 0 Å². The van der Waals surface area contributed by atoms with Crippen LogP contribution < -0.4 is 10.1 Å². The minimum Gasteiger partial charge on any atom is -0.497 e. The monoisotopic (exact) mass is 414 g/mol. The van der Waals surface area contributed by atoms with Gasteiger partial charge >= 0.3 is 0 Å². The van der Waals surface area contributed by atoms with Crippen LogP contribution in [-0.2, 0) is 6.54 Å². The van der Waals surface area contributed by atoms with Gasteiger partial charge in [-0.25, -0.2) is 9.97 Å². The molecule has 0 unspecified atom stereocenters. The Kier molecular flexibility index (Phi) is 5.93. The normalized spacial score (nSPS) is 10.5. The van der Waals surface area contributed by atoms with E-state index in [9.17, 15) is 4.79 Å². The van der Waals surface area contributed by atoms with Crippen molar-refractivity contribution < 1.29 is 13.9 Å². The molecule has 2 aromatic carbocycles. The van der Waals surface area contributed by atoms with E-state index in [0.717, 1.165) is 28.3 Å². The van der Waals surface area contributed by atoms with Crippen molar-refractivity contribution in [3.05, 3.63) is 90.6 Å². The number of rotatable bonds is 7. The lowest BCUT2D eigenvalue weighted by atomic mass is 10.1. The number of furan rings is 1. The SMILES string of the molecule is COc1ccc(-c2cnc(Nc3ccc(C(=O)N(C)Cc4ccco4)cc3)nc2)cc1. The summed E-state index contributed by atoms with van der Waals surface area (Å²) in [7, 11) is 3.38. The van der Waals surface area contributed by atoms with Crippen molar-refractivity contribution in [3.8, 4) is 16.9 Å². The van der Waals surface area contributed by atoms with E-state index < -0.39 is 0 Å². The fraction of sp³-hybridized carbons (Fsp3) is 0.125. The predicted octanol–water partition coefficient (Wildman–Crippen LogP) is 4.76. The first-order valence-corrected chi connectivity index (χ1v) is 9.74. The molecule has 2 heterocycles. The highest BCUT2D eigenvalue weighted by Crippen LogP contribution is 2.22. The number of benzene rings is 2. The molecule has 0 aliphatic rings. The number of carbonyl (C=O) groups is 1. The number of anilines is 2. The van der Waals surface area contributed by atoms with Crippen LogP contribution in [0, 0.1) is 0 Å². The van der Waals surface area contributed by atoms with Crippen LogP contribution in [0.25, 0.3) is 11.1 Å². The number of amides is 1. The minimum absolute atomic E-state index is 0.0805. The highest BCUT2D eigenvalue weighted by molar-refractivity contribution is 5.94. The van der Waals surface area contributed by atoms with Gasteiger partial charge in [-0.3, -0.25) is 4.79 Å². The van der Waals surface area contributed by atoms with Crippen LogP contribution in [0.5, 0.6) is 5.75 Å². The summed E-state index contributed by atoms with van der Waals surface area (Å²) in [5, 5.41) is 3.15. The Hall–Kier alpha value is -4.13. The average Bonchev–Trinajstić information content (AvgIpc) is 3.33. The van der Waals surface area contributed by atoms with E-state index in [4.69, 9.17) is 9.15 Å². The average molecular weight is 414 g/mol. The number of hydrogen-bond acceptors (Lipinski definition) is 6. The quantitative estimate of drug-likeness (QED) is 0.470. The third kappa shape index (κ3) is 4.90. The second-order valence-corrected chi connectivity index (χ2v) is 6.97. The zero-order valence-corrected chi connectivity index (χ0v) is 17.3. The van der Waals surface area contributed by atoms with Crippen molar-refractivity contribution in [2.24, 2.45) is 0 Å². The fourth-order valence-electron chi connectivity index (χ4n) is 3.08. The molecule has 7 nitrogen and oxygen atoms in total. The van der Waals surface area contributed by atoms with Crippen LogP contribution in [0.15, 0.2) is 83.7 Å². The maximum Gasteiger partial charge on any atom is 0.254 e. The first kappa shape index (κ1) is 20.2. The van der Waals surface area contributed by atoms with Crippen LogP contribution in [0.1, 0.15) is 16.1 Å². The molecule has 0 aliphatic carbocycles. The summed E-state index contributed by atoms with van der Waals surface area (Å²) >= 11 is 0. The van der Waals surface area contributed by atoms with Crippen LogP contribution in [-0.4, -0.2) is 34.9 Å². The van der Waals surface area contributed by atoms with E-state index in [1.807, 2.05) is 42.5 Å². The Bertz CT molecular complexity index is 1120. The molecule has 156 valence electrons. The van der Waals surface area contributed by atoms with Gasteiger partial charge in [-0.2, -0.15) is 0 Å². The number of nitrogens with one attached hydrogen (secondary N) is 1. The first-order valence-electron chi connectivity index (χ1n) is 9.74. The van der Waals surface area contributed by atoms with E-state index in [1.54, 1.807) is 55.9 Å². The number of hydrogen-bond donors (Lipinski definition) is 1. The molecule has 2 aromatic heterocycles. The zero-order chi connectivity index (χ0) is 21.6. The van der Waals surface area contributed by atoms with Gasteiger partial charge in [-0.1, -0.05) is 12.1 Å². The van der Waals surface area contributed by atoms with Crippen molar-refractivity contribution in [2.75, 3.05) is 19.5 Å². The molecule has 31 heavy (non-hydrogen) atoms. The summed E-state index contributed by atoms with van der Waals surface area (Å²) in [5.74, 6) is 1.94. The van der Waals surface area contributed by atoms with E-state index in [0.29, 0.717) is 18.1 Å². The molecule has 0 saturated heterocycles. The maximum atomic E-state index is 12.6. The Balaban J connectivity index is 1.38. The Morgan fingerprint density at radius 2 is 1.71 bits per heavy atom. The van der Waals surface area contributed by atoms with Gasteiger partial charge < -0.3 is 19.4 Å². The number of ether oxygens (including phenoxy) is 1. The fourth-order valence-corrected chi connectivity index (χ4v) is 3.08. The summed E-state index contributed by atoms with van der Waals surface area (Å²) in [4.78, 5) is 23.0. The Morgan fingerprint density at radius 3 is 2.32 bits per heavy atom. The van der Waals surface area contributed by atoms with Crippen molar-refractivity contribution >= 4 is 17.5 Å². The van der Waals surface area contributed by atoms with Gasteiger partial charge in [0, 0.05) is 36.3 Å². The summed E-state index contributed by atoms with van der Waals surface area (Å²) in [6.07, 6.45) is 5.12. The number of methoxy groups -OCH3 is 1.